The first-order valence-electron chi connectivity index (χ1n) is 18.3. The minimum absolute atomic E-state index is 0.00298. The lowest BCUT2D eigenvalue weighted by atomic mass is 10.1. The molecule has 0 saturated carbocycles. The highest BCUT2D eigenvalue weighted by atomic mass is 19.1. The van der Waals surface area contributed by atoms with Crippen molar-refractivity contribution in [3.05, 3.63) is 131 Å². The van der Waals surface area contributed by atoms with E-state index in [1.807, 2.05) is 26.4 Å². The van der Waals surface area contributed by atoms with Gasteiger partial charge in [0, 0.05) is 75.5 Å². The average Bonchev–Trinajstić information content (AvgIpc) is 3.72. The van der Waals surface area contributed by atoms with Crippen LogP contribution in [0, 0.1) is 11.6 Å². The van der Waals surface area contributed by atoms with Crippen LogP contribution in [0.5, 0.6) is 0 Å². The molecule has 2 saturated heterocycles. The molecule has 2 aliphatic heterocycles. The number of carbonyl (C=O) groups excluding carboxylic acids is 3. The fourth-order valence-corrected chi connectivity index (χ4v) is 7.08. The van der Waals surface area contributed by atoms with Crippen LogP contribution in [-0.4, -0.2) is 104 Å². The number of carbonyl (C=O) groups is 4. The number of nitrogens with zero attached hydrogens (tertiary/aromatic N) is 6. The number of carboxylic acids is 1. The topological polar surface area (TPSA) is 164 Å². The first-order valence-corrected chi connectivity index (χ1v) is 18.3. The van der Waals surface area contributed by atoms with E-state index >= 15 is 0 Å². The van der Waals surface area contributed by atoms with Gasteiger partial charge < -0.3 is 29.6 Å². The number of aromatic nitrogens is 4. The molecule has 294 valence electrons. The monoisotopic (exact) mass is 778 g/mol. The SMILES string of the molecule is COC(=O)c1cc2c(CN3CCNC(=O)C3)cn(Cc3ccc(F)cc3)c2cn1.O=C1CN(Cc2cn(Cc3ccc(F)cc3)c3cnc(C(=O)O)cc23)CCN1. The molecule has 4 aromatic heterocycles. The van der Waals surface area contributed by atoms with Crippen molar-refractivity contribution in [3.8, 4) is 0 Å². The van der Waals surface area contributed by atoms with E-state index in [1.165, 1.54) is 31.4 Å². The molecule has 2 aliphatic rings. The predicted octanol–water partition coefficient (Wildman–Crippen LogP) is 3.80. The Morgan fingerprint density at radius 2 is 1.14 bits per heavy atom. The molecule has 14 nitrogen and oxygen atoms in total. The molecule has 6 heterocycles. The van der Waals surface area contributed by atoms with E-state index in [4.69, 9.17) is 4.74 Å². The molecule has 0 radical (unpaired) electrons. The highest BCUT2D eigenvalue weighted by molar-refractivity contribution is 5.94. The number of fused-ring (bicyclic) bond motifs is 2. The summed E-state index contributed by atoms with van der Waals surface area (Å²) in [7, 11) is 1.32. The van der Waals surface area contributed by atoms with Crippen molar-refractivity contribution in [2.24, 2.45) is 0 Å². The predicted molar refractivity (Wildman–Crippen MR) is 205 cm³/mol. The van der Waals surface area contributed by atoms with Gasteiger partial charge in [0.15, 0.2) is 0 Å². The maximum atomic E-state index is 13.2. The summed E-state index contributed by atoms with van der Waals surface area (Å²) in [6, 6.07) is 15.9. The van der Waals surface area contributed by atoms with Crippen LogP contribution in [0.15, 0.2) is 85.5 Å². The summed E-state index contributed by atoms with van der Waals surface area (Å²) in [5.74, 6) is -2.17. The Hall–Kier alpha value is -6.52. The van der Waals surface area contributed by atoms with Gasteiger partial charge in [-0.25, -0.2) is 28.3 Å². The third-order valence-corrected chi connectivity index (χ3v) is 9.87. The number of rotatable bonds is 10. The summed E-state index contributed by atoms with van der Waals surface area (Å²) in [6.07, 6.45) is 7.16. The third-order valence-electron chi connectivity index (χ3n) is 9.87. The van der Waals surface area contributed by atoms with Crippen molar-refractivity contribution < 1.29 is 37.8 Å². The van der Waals surface area contributed by atoms with E-state index in [0.29, 0.717) is 52.4 Å². The Morgan fingerprint density at radius 3 is 1.56 bits per heavy atom. The van der Waals surface area contributed by atoms with Crippen LogP contribution in [0.2, 0.25) is 0 Å². The van der Waals surface area contributed by atoms with E-state index in [-0.39, 0.29) is 34.8 Å². The van der Waals surface area contributed by atoms with Crippen LogP contribution in [0.1, 0.15) is 43.2 Å². The zero-order valence-corrected chi connectivity index (χ0v) is 31.1. The zero-order valence-electron chi connectivity index (χ0n) is 31.1. The number of benzene rings is 2. The minimum Gasteiger partial charge on any atom is -0.477 e. The van der Waals surface area contributed by atoms with E-state index < -0.39 is 11.9 Å². The van der Waals surface area contributed by atoms with Crippen molar-refractivity contribution in [1.29, 1.82) is 0 Å². The van der Waals surface area contributed by atoms with Gasteiger partial charge in [0.05, 0.1) is 43.6 Å². The quantitative estimate of drug-likeness (QED) is 0.175. The molecule has 16 heteroatoms. The number of piperazine rings is 2. The number of hydrogen-bond donors (Lipinski definition) is 3. The maximum Gasteiger partial charge on any atom is 0.356 e. The molecular weight excluding hydrogens is 738 g/mol. The lowest BCUT2D eigenvalue weighted by molar-refractivity contribution is -0.125. The number of pyridine rings is 2. The number of carboxylic acid groups (broad SMARTS) is 1. The van der Waals surface area contributed by atoms with Gasteiger partial charge in [0.1, 0.15) is 23.0 Å². The van der Waals surface area contributed by atoms with E-state index in [9.17, 15) is 33.1 Å². The van der Waals surface area contributed by atoms with Gasteiger partial charge in [0.25, 0.3) is 0 Å². The second kappa shape index (κ2) is 17.1. The molecule has 2 fully saturated rings. The van der Waals surface area contributed by atoms with Crippen LogP contribution in [-0.2, 0) is 40.5 Å². The van der Waals surface area contributed by atoms with E-state index in [1.54, 1.807) is 48.8 Å². The average molecular weight is 779 g/mol. The minimum atomic E-state index is -1.09. The van der Waals surface area contributed by atoms with Crippen LogP contribution < -0.4 is 10.6 Å². The Bertz CT molecular complexity index is 2450. The fourth-order valence-electron chi connectivity index (χ4n) is 7.08. The molecule has 2 aromatic carbocycles. The largest absolute Gasteiger partial charge is 0.477 e. The van der Waals surface area contributed by atoms with Gasteiger partial charge in [-0.2, -0.15) is 0 Å². The molecule has 8 rings (SSSR count). The van der Waals surface area contributed by atoms with Gasteiger partial charge in [-0.05, 0) is 58.7 Å². The molecular formula is C41H40F2N8O6. The molecule has 3 N–H and O–H groups in total. The van der Waals surface area contributed by atoms with Crippen molar-refractivity contribution >= 4 is 45.6 Å². The second-order valence-corrected chi connectivity index (χ2v) is 13.9. The maximum absolute atomic E-state index is 13.2. The zero-order chi connectivity index (χ0) is 40.1. The highest BCUT2D eigenvalue weighted by Crippen LogP contribution is 2.26. The lowest BCUT2D eigenvalue weighted by Crippen LogP contribution is -2.47. The lowest BCUT2D eigenvalue weighted by Gasteiger charge is -2.26. The summed E-state index contributed by atoms with van der Waals surface area (Å²) in [6.45, 7) is 5.48. The summed E-state index contributed by atoms with van der Waals surface area (Å²) in [4.78, 5) is 59.0. The van der Waals surface area contributed by atoms with Gasteiger partial charge in [0.2, 0.25) is 11.8 Å². The van der Waals surface area contributed by atoms with Crippen LogP contribution in [0.25, 0.3) is 21.8 Å². The Morgan fingerprint density at radius 1 is 0.702 bits per heavy atom. The Kier molecular flexibility index (Phi) is 11.6. The van der Waals surface area contributed by atoms with Gasteiger partial charge in [-0.1, -0.05) is 24.3 Å². The molecule has 0 bridgehead atoms. The molecule has 0 unspecified atom stereocenters. The summed E-state index contributed by atoms with van der Waals surface area (Å²) < 4.78 is 35.2. The van der Waals surface area contributed by atoms with Gasteiger partial charge in [-0.3, -0.25) is 19.4 Å². The molecule has 0 atom stereocenters. The van der Waals surface area contributed by atoms with Crippen molar-refractivity contribution in [1.82, 2.24) is 39.5 Å². The number of halogens is 2. The van der Waals surface area contributed by atoms with Gasteiger partial charge in [-0.15, -0.1) is 0 Å². The number of esters is 1. The molecule has 2 amide bonds. The molecule has 0 aliphatic carbocycles. The first-order chi connectivity index (χ1) is 27.5. The molecule has 57 heavy (non-hydrogen) atoms. The molecule has 0 spiro atoms. The Balaban J connectivity index is 0.000000174. The number of amides is 2. The summed E-state index contributed by atoms with van der Waals surface area (Å²) in [5, 5.41) is 16.6. The van der Waals surface area contributed by atoms with Crippen LogP contribution >= 0.6 is 0 Å². The summed E-state index contributed by atoms with van der Waals surface area (Å²) in [5.41, 5.74) is 5.65. The fraction of sp³-hybridized carbons (Fsp3) is 0.268. The van der Waals surface area contributed by atoms with E-state index in [2.05, 4.69) is 25.5 Å². The summed E-state index contributed by atoms with van der Waals surface area (Å²) >= 11 is 0. The van der Waals surface area contributed by atoms with E-state index in [0.717, 1.165) is 57.1 Å². The third kappa shape index (κ3) is 9.31. The van der Waals surface area contributed by atoms with Crippen molar-refractivity contribution in [2.45, 2.75) is 26.2 Å². The van der Waals surface area contributed by atoms with Crippen LogP contribution in [0.4, 0.5) is 8.78 Å². The molecule has 6 aromatic rings. The number of hydrogen-bond acceptors (Lipinski definition) is 9. The van der Waals surface area contributed by atoms with Crippen molar-refractivity contribution in [2.75, 3.05) is 46.4 Å². The first kappa shape index (κ1) is 38.7. The number of methoxy groups -OCH3 is 1. The number of nitrogens with one attached hydrogen (secondary N) is 2. The highest BCUT2D eigenvalue weighted by Gasteiger charge is 2.22. The van der Waals surface area contributed by atoms with Crippen LogP contribution in [0.3, 0.4) is 0 Å². The Labute approximate surface area is 325 Å². The standard InChI is InChI=1S/C21H21FN4O3.C20H19FN4O3/c1-29-21(28)18-8-17-15(11-25-7-6-23-20(27)13-25)12-26(19(17)9-24-18)10-14-2-4-16(22)5-3-14;21-15-3-1-13(2-4-15)9-25-11-14(10-24-6-5-22-19(26)12-24)16-7-17(20(27)28)23-8-18(16)25/h2-5,8-9,12H,6-7,10-11,13H2,1H3,(H,23,27);1-4,7-8,11H,5-6,9-10,12H2,(H,22,26)(H,27,28). The number of aromatic carboxylic acids is 1. The second-order valence-electron chi connectivity index (χ2n) is 13.9. The van der Waals surface area contributed by atoms with Gasteiger partial charge >= 0.3 is 11.9 Å². The normalized spacial score (nSPS) is 14.9. The smallest absolute Gasteiger partial charge is 0.356 e. The van der Waals surface area contributed by atoms with Crippen molar-refractivity contribution in [3.63, 3.8) is 0 Å². The number of ether oxygens (including phenoxy) is 1.